The molecule has 0 bridgehead atoms. The average Bonchev–Trinajstić information content (AvgIpc) is 2.34. The van der Waals surface area contributed by atoms with Crippen LogP contribution in [0.4, 0.5) is 0 Å². The van der Waals surface area contributed by atoms with E-state index in [2.05, 4.69) is 0 Å². The van der Waals surface area contributed by atoms with Crippen molar-refractivity contribution in [1.29, 1.82) is 5.26 Å². The van der Waals surface area contributed by atoms with Crippen LogP contribution in [0.1, 0.15) is 23.2 Å². The van der Waals surface area contributed by atoms with Gasteiger partial charge in [-0.3, -0.25) is 4.79 Å². The molecule has 4 nitrogen and oxygen atoms in total. The fraction of sp³-hybridized carbons (Fsp3) is 0.333. The first-order valence-corrected chi connectivity index (χ1v) is 4.94. The summed E-state index contributed by atoms with van der Waals surface area (Å²) >= 11 is 0. The molecule has 0 spiro atoms. The Labute approximate surface area is 94.4 Å². The molecule has 0 aliphatic rings. The van der Waals surface area contributed by atoms with Gasteiger partial charge in [-0.05, 0) is 24.6 Å². The van der Waals surface area contributed by atoms with Crippen LogP contribution in [0.15, 0.2) is 18.2 Å². The summed E-state index contributed by atoms with van der Waals surface area (Å²) in [6.45, 7) is 0.431. The number of unbranched alkanes of at least 4 members (excludes halogenated alkanes) is 1. The van der Waals surface area contributed by atoms with Gasteiger partial charge in [0.25, 0.3) is 0 Å². The lowest BCUT2D eigenvalue weighted by Gasteiger charge is -2.08. The molecule has 0 saturated heterocycles. The third-order valence-electron chi connectivity index (χ3n) is 2.03. The van der Waals surface area contributed by atoms with Gasteiger partial charge in [0.05, 0.1) is 25.3 Å². The monoisotopic (exact) mass is 219 g/mol. The third-order valence-corrected chi connectivity index (χ3v) is 2.03. The number of benzene rings is 1. The third kappa shape index (κ3) is 3.28. The quantitative estimate of drug-likeness (QED) is 0.543. The van der Waals surface area contributed by atoms with Gasteiger partial charge in [0.15, 0.2) is 6.29 Å². The molecule has 0 atom stereocenters. The van der Waals surface area contributed by atoms with E-state index in [1.165, 1.54) is 7.11 Å². The maximum Gasteiger partial charge on any atom is 0.153 e. The minimum Gasteiger partial charge on any atom is -0.497 e. The smallest absolute Gasteiger partial charge is 0.153 e. The summed E-state index contributed by atoms with van der Waals surface area (Å²) in [5, 5.41) is 8.35. The van der Waals surface area contributed by atoms with Gasteiger partial charge < -0.3 is 9.47 Å². The van der Waals surface area contributed by atoms with E-state index in [9.17, 15) is 4.79 Å². The molecular formula is C12H13NO3. The van der Waals surface area contributed by atoms with Crippen molar-refractivity contribution in [2.45, 2.75) is 12.8 Å². The molecule has 1 aromatic carbocycles. The molecule has 1 rings (SSSR count). The lowest BCUT2D eigenvalue weighted by molar-refractivity contribution is 0.111. The molecule has 0 heterocycles. The molecule has 0 radical (unpaired) electrons. The SMILES string of the molecule is COc1ccc(OCCCC#N)c(C=O)c1. The zero-order valence-electron chi connectivity index (χ0n) is 9.10. The first kappa shape index (κ1) is 12.1. The predicted octanol–water partition coefficient (Wildman–Crippen LogP) is 2.19. The Morgan fingerprint density at radius 2 is 2.31 bits per heavy atom. The Balaban J connectivity index is 2.65. The van der Waals surface area contributed by atoms with Crippen molar-refractivity contribution in [3.05, 3.63) is 23.8 Å². The molecule has 0 N–H and O–H groups in total. The number of rotatable bonds is 6. The number of hydrogen-bond acceptors (Lipinski definition) is 4. The molecule has 16 heavy (non-hydrogen) atoms. The molecule has 4 heteroatoms. The van der Waals surface area contributed by atoms with E-state index in [1.807, 2.05) is 6.07 Å². The highest BCUT2D eigenvalue weighted by atomic mass is 16.5. The van der Waals surface area contributed by atoms with Crippen LogP contribution < -0.4 is 9.47 Å². The molecular weight excluding hydrogens is 206 g/mol. The molecule has 0 aromatic heterocycles. The second-order valence-corrected chi connectivity index (χ2v) is 3.13. The van der Waals surface area contributed by atoms with Gasteiger partial charge in [-0.15, -0.1) is 0 Å². The number of hydrogen-bond donors (Lipinski definition) is 0. The van der Waals surface area contributed by atoms with Crippen LogP contribution in [0.5, 0.6) is 11.5 Å². The lowest BCUT2D eigenvalue weighted by atomic mass is 10.2. The summed E-state index contributed by atoms with van der Waals surface area (Å²) in [7, 11) is 1.54. The molecule has 0 amide bonds. The lowest BCUT2D eigenvalue weighted by Crippen LogP contribution is -2.00. The van der Waals surface area contributed by atoms with Crippen molar-refractivity contribution in [3.8, 4) is 17.6 Å². The summed E-state index contributed by atoms with van der Waals surface area (Å²) in [6.07, 6.45) is 1.83. The van der Waals surface area contributed by atoms with E-state index in [0.29, 0.717) is 36.5 Å². The van der Waals surface area contributed by atoms with Gasteiger partial charge in [-0.25, -0.2) is 0 Å². The molecule has 1 aromatic rings. The van der Waals surface area contributed by atoms with E-state index < -0.39 is 0 Å². The highest BCUT2D eigenvalue weighted by Gasteiger charge is 2.04. The van der Waals surface area contributed by atoms with E-state index >= 15 is 0 Å². The highest BCUT2D eigenvalue weighted by molar-refractivity contribution is 5.80. The van der Waals surface area contributed by atoms with Crippen molar-refractivity contribution < 1.29 is 14.3 Å². The van der Waals surface area contributed by atoms with Gasteiger partial charge >= 0.3 is 0 Å². The van der Waals surface area contributed by atoms with Crippen LogP contribution in [0.2, 0.25) is 0 Å². The second kappa shape index (κ2) is 6.46. The fourth-order valence-corrected chi connectivity index (χ4v) is 1.21. The van der Waals surface area contributed by atoms with Crippen molar-refractivity contribution in [2.24, 2.45) is 0 Å². The summed E-state index contributed by atoms with van der Waals surface area (Å²) in [6, 6.07) is 7.07. The fourth-order valence-electron chi connectivity index (χ4n) is 1.21. The zero-order valence-corrected chi connectivity index (χ0v) is 9.10. The minimum absolute atomic E-state index is 0.431. The summed E-state index contributed by atoms with van der Waals surface area (Å²) in [4.78, 5) is 10.8. The average molecular weight is 219 g/mol. The van der Waals surface area contributed by atoms with Gasteiger partial charge in [0.1, 0.15) is 11.5 Å². The number of nitrogens with zero attached hydrogens (tertiary/aromatic N) is 1. The van der Waals surface area contributed by atoms with Crippen molar-refractivity contribution >= 4 is 6.29 Å². The zero-order chi connectivity index (χ0) is 11.8. The maximum absolute atomic E-state index is 10.8. The van der Waals surface area contributed by atoms with Crippen LogP contribution in [0.25, 0.3) is 0 Å². The number of carbonyl (C=O) groups is 1. The standard InChI is InChI=1S/C12H13NO3/c1-15-11-4-5-12(10(8-11)9-14)16-7-3-2-6-13/h4-5,8-9H,2-3,7H2,1H3. The van der Waals surface area contributed by atoms with Crippen LogP contribution in [0, 0.1) is 11.3 Å². The molecule has 0 aliphatic carbocycles. The van der Waals surface area contributed by atoms with Gasteiger partial charge in [-0.2, -0.15) is 5.26 Å². The normalized spacial score (nSPS) is 9.25. The Kier molecular flexibility index (Phi) is 4.87. The second-order valence-electron chi connectivity index (χ2n) is 3.13. The predicted molar refractivity (Wildman–Crippen MR) is 58.7 cm³/mol. The van der Waals surface area contributed by atoms with Crippen molar-refractivity contribution in [3.63, 3.8) is 0 Å². The Bertz CT molecular complexity index is 396. The Morgan fingerprint density at radius 3 is 2.94 bits per heavy atom. The summed E-state index contributed by atoms with van der Waals surface area (Å²) in [5.41, 5.74) is 0.455. The highest BCUT2D eigenvalue weighted by Crippen LogP contribution is 2.22. The maximum atomic E-state index is 10.8. The van der Waals surface area contributed by atoms with Crippen molar-refractivity contribution in [1.82, 2.24) is 0 Å². The summed E-state index contributed by atoms with van der Waals surface area (Å²) < 4.78 is 10.4. The number of aldehydes is 1. The Hall–Kier alpha value is -2.02. The minimum atomic E-state index is 0.431. The molecule has 0 saturated carbocycles. The number of nitriles is 1. The van der Waals surface area contributed by atoms with E-state index in [-0.39, 0.29) is 0 Å². The van der Waals surface area contributed by atoms with Crippen LogP contribution >= 0.6 is 0 Å². The first-order chi connectivity index (χ1) is 7.81. The van der Waals surface area contributed by atoms with Gasteiger partial charge in [0.2, 0.25) is 0 Å². The largest absolute Gasteiger partial charge is 0.497 e. The summed E-state index contributed by atoms with van der Waals surface area (Å²) in [5.74, 6) is 1.14. The van der Waals surface area contributed by atoms with Crippen molar-refractivity contribution in [2.75, 3.05) is 13.7 Å². The first-order valence-electron chi connectivity index (χ1n) is 4.94. The van der Waals surface area contributed by atoms with E-state index in [4.69, 9.17) is 14.7 Å². The van der Waals surface area contributed by atoms with E-state index in [1.54, 1.807) is 18.2 Å². The van der Waals surface area contributed by atoms with Crippen LogP contribution in [-0.2, 0) is 0 Å². The number of methoxy groups -OCH3 is 1. The van der Waals surface area contributed by atoms with Crippen LogP contribution in [-0.4, -0.2) is 20.0 Å². The molecule has 0 fully saturated rings. The number of carbonyl (C=O) groups excluding carboxylic acids is 1. The molecule has 84 valence electrons. The Morgan fingerprint density at radius 1 is 1.50 bits per heavy atom. The molecule has 0 unspecified atom stereocenters. The van der Waals surface area contributed by atoms with Gasteiger partial charge in [0, 0.05) is 6.42 Å². The van der Waals surface area contributed by atoms with Crippen LogP contribution in [0.3, 0.4) is 0 Å². The van der Waals surface area contributed by atoms with E-state index in [0.717, 1.165) is 6.29 Å². The number of ether oxygens (including phenoxy) is 2. The molecule has 0 aliphatic heterocycles. The topological polar surface area (TPSA) is 59.3 Å². The van der Waals surface area contributed by atoms with Gasteiger partial charge in [-0.1, -0.05) is 0 Å².